The fourth-order valence-electron chi connectivity index (χ4n) is 2.85. The van der Waals surface area contributed by atoms with E-state index in [1.165, 1.54) is 38.5 Å². The van der Waals surface area contributed by atoms with Crippen molar-refractivity contribution in [1.29, 1.82) is 0 Å². The molecule has 96 valence electrons. The van der Waals surface area contributed by atoms with Crippen molar-refractivity contribution < 1.29 is 5.11 Å². The van der Waals surface area contributed by atoms with E-state index < -0.39 is 0 Å². The van der Waals surface area contributed by atoms with Crippen LogP contribution in [-0.4, -0.2) is 24.3 Å². The number of hydrogen-bond acceptors (Lipinski definition) is 2. The van der Waals surface area contributed by atoms with Gasteiger partial charge in [0.1, 0.15) is 0 Å². The molecule has 1 rings (SSSR count). The molecular formula is C14H29NO. The minimum absolute atomic E-state index is 0.352. The van der Waals surface area contributed by atoms with E-state index in [9.17, 15) is 0 Å². The van der Waals surface area contributed by atoms with Crippen LogP contribution in [0.3, 0.4) is 0 Å². The summed E-state index contributed by atoms with van der Waals surface area (Å²) in [5.41, 5.74) is 0. The van der Waals surface area contributed by atoms with Crippen LogP contribution in [0.2, 0.25) is 0 Å². The van der Waals surface area contributed by atoms with Crippen LogP contribution in [-0.2, 0) is 0 Å². The number of rotatable bonds is 7. The largest absolute Gasteiger partial charge is 0.396 e. The van der Waals surface area contributed by atoms with Gasteiger partial charge in [-0.25, -0.2) is 0 Å². The topological polar surface area (TPSA) is 32.3 Å². The molecule has 1 fully saturated rings. The van der Waals surface area contributed by atoms with E-state index in [0.29, 0.717) is 6.61 Å². The number of aliphatic hydroxyl groups is 1. The van der Waals surface area contributed by atoms with Gasteiger partial charge in [0, 0.05) is 12.6 Å². The fourth-order valence-corrected chi connectivity index (χ4v) is 2.85. The molecular weight excluding hydrogens is 198 g/mol. The Bertz CT molecular complexity index is 172. The zero-order chi connectivity index (χ0) is 11.8. The first kappa shape index (κ1) is 14.0. The van der Waals surface area contributed by atoms with Crippen molar-refractivity contribution in [3.05, 3.63) is 0 Å². The fraction of sp³-hybridized carbons (Fsp3) is 1.00. The van der Waals surface area contributed by atoms with Gasteiger partial charge in [-0.1, -0.05) is 26.7 Å². The van der Waals surface area contributed by atoms with Crippen molar-refractivity contribution in [3.8, 4) is 0 Å². The Labute approximate surface area is 101 Å². The maximum Gasteiger partial charge on any atom is 0.0431 e. The van der Waals surface area contributed by atoms with E-state index in [1.807, 2.05) is 0 Å². The second-order valence-electron chi connectivity index (χ2n) is 5.59. The lowest BCUT2D eigenvalue weighted by Crippen LogP contribution is -2.39. The van der Waals surface area contributed by atoms with Crippen LogP contribution in [0, 0.1) is 11.8 Å². The molecule has 0 aromatic rings. The summed E-state index contributed by atoms with van der Waals surface area (Å²) in [5.74, 6) is 1.78. The molecule has 0 bridgehead atoms. The second kappa shape index (κ2) is 8.08. The Morgan fingerprint density at radius 2 is 1.81 bits per heavy atom. The van der Waals surface area contributed by atoms with Gasteiger partial charge in [-0.3, -0.25) is 0 Å². The van der Waals surface area contributed by atoms with Gasteiger partial charge < -0.3 is 10.4 Å². The van der Waals surface area contributed by atoms with Crippen LogP contribution in [0.25, 0.3) is 0 Å². The first-order valence-electron chi connectivity index (χ1n) is 7.08. The summed E-state index contributed by atoms with van der Waals surface area (Å²) >= 11 is 0. The smallest absolute Gasteiger partial charge is 0.0431 e. The summed E-state index contributed by atoms with van der Waals surface area (Å²) in [5, 5.41) is 12.4. The summed E-state index contributed by atoms with van der Waals surface area (Å²) in [6, 6.07) is 0.758. The Morgan fingerprint density at radius 1 is 1.06 bits per heavy atom. The summed E-state index contributed by atoms with van der Waals surface area (Å²) in [6.45, 7) is 6.28. The van der Waals surface area contributed by atoms with Crippen molar-refractivity contribution in [1.82, 2.24) is 5.32 Å². The minimum Gasteiger partial charge on any atom is -0.396 e. The van der Waals surface area contributed by atoms with Crippen LogP contribution in [0.1, 0.15) is 58.8 Å². The molecule has 2 heteroatoms. The highest BCUT2D eigenvalue weighted by molar-refractivity contribution is 4.80. The molecule has 0 aliphatic heterocycles. The Hall–Kier alpha value is -0.0800. The highest BCUT2D eigenvalue weighted by Gasteiger charge is 2.24. The Kier molecular flexibility index (Phi) is 7.06. The molecule has 0 saturated heterocycles. The molecule has 0 spiro atoms. The SMILES string of the molecule is CC1CCC(NCCCCCCO)C(C)C1. The van der Waals surface area contributed by atoms with Crippen molar-refractivity contribution >= 4 is 0 Å². The van der Waals surface area contributed by atoms with Gasteiger partial charge in [0.25, 0.3) is 0 Å². The predicted molar refractivity (Wildman–Crippen MR) is 69.5 cm³/mol. The third-order valence-corrected chi connectivity index (χ3v) is 3.92. The molecule has 0 aromatic carbocycles. The summed E-state index contributed by atoms with van der Waals surface area (Å²) < 4.78 is 0. The van der Waals surface area contributed by atoms with Crippen LogP contribution in [0.4, 0.5) is 0 Å². The lowest BCUT2D eigenvalue weighted by atomic mass is 9.80. The third-order valence-electron chi connectivity index (χ3n) is 3.92. The van der Waals surface area contributed by atoms with Crippen LogP contribution in [0.5, 0.6) is 0 Å². The van der Waals surface area contributed by atoms with E-state index in [4.69, 9.17) is 5.11 Å². The number of aliphatic hydroxyl groups excluding tert-OH is 1. The molecule has 0 radical (unpaired) electrons. The first-order chi connectivity index (χ1) is 7.74. The first-order valence-corrected chi connectivity index (χ1v) is 7.08. The molecule has 0 aromatic heterocycles. The maximum absolute atomic E-state index is 8.67. The van der Waals surface area contributed by atoms with Gasteiger partial charge in [-0.05, 0) is 50.5 Å². The molecule has 0 heterocycles. The molecule has 2 nitrogen and oxygen atoms in total. The monoisotopic (exact) mass is 227 g/mol. The molecule has 3 atom stereocenters. The van der Waals surface area contributed by atoms with Crippen LogP contribution in [0.15, 0.2) is 0 Å². The van der Waals surface area contributed by atoms with E-state index in [0.717, 1.165) is 30.8 Å². The summed E-state index contributed by atoms with van der Waals surface area (Å²) in [4.78, 5) is 0. The number of nitrogens with one attached hydrogen (secondary N) is 1. The van der Waals surface area contributed by atoms with E-state index in [1.54, 1.807) is 0 Å². The third kappa shape index (κ3) is 5.31. The highest BCUT2D eigenvalue weighted by Crippen LogP contribution is 2.28. The molecule has 3 unspecified atom stereocenters. The van der Waals surface area contributed by atoms with Gasteiger partial charge in [0.15, 0.2) is 0 Å². The highest BCUT2D eigenvalue weighted by atomic mass is 16.2. The van der Waals surface area contributed by atoms with Gasteiger partial charge in [0.2, 0.25) is 0 Å². The standard InChI is InChI=1S/C14H29NO/c1-12-7-8-14(13(2)11-12)15-9-5-3-4-6-10-16/h12-16H,3-11H2,1-2H3. The van der Waals surface area contributed by atoms with E-state index in [2.05, 4.69) is 19.2 Å². The maximum atomic E-state index is 8.67. The van der Waals surface area contributed by atoms with E-state index in [-0.39, 0.29) is 0 Å². The van der Waals surface area contributed by atoms with Crippen molar-refractivity contribution in [2.24, 2.45) is 11.8 Å². The van der Waals surface area contributed by atoms with Gasteiger partial charge in [-0.15, -0.1) is 0 Å². The minimum atomic E-state index is 0.352. The lowest BCUT2D eigenvalue weighted by molar-refractivity contribution is 0.227. The van der Waals surface area contributed by atoms with Crippen LogP contribution < -0.4 is 5.32 Å². The van der Waals surface area contributed by atoms with Crippen molar-refractivity contribution in [2.45, 2.75) is 64.8 Å². The molecule has 16 heavy (non-hydrogen) atoms. The molecule has 0 amide bonds. The molecule has 1 aliphatic carbocycles. The van der Waals surface area contributed by atoms with Crippen LogP contribution >= 0.6 is 0 Å². The van der Waals surface area contributed by atoms with Gasteiger partial charge in [-0.2, -0.15) is 0 Å². The van der Waals surface area contributed by atoms with Crippen molar-refractivity contribution in [2.75, 3.05) is 13.2 Å². The Morgan fingerprint density at radius 3 is 2.50 bits per heavy atom. The second-order valence-corrected chi connectivity index (χ2v) is 5.59. The number of unbranched alkanes of at least 4 members (excludes halogenated alkanes) is 3. The summed E-state index contributed by atoms with van der Waals surface area (Å²) in [7, 11) is 0. The number of hydrogen-bond donors (Lipinski definition) is 2. The molecule has 1 saturated carbocycles. The predicted octanol–water partition coefficient (Wildman–Crippen LogP) is 2.95. The lowest BCUT2D eigenvalue weighted by Gasteiger charge is -2.33. The van der Waals surface area contributed by atoms with Crippen molar-refractivity contribution in [3.63, 3.8) is 0 Å². The summed E-state index contributed by atoms with van der Waals surface area (Å²) in [6.07, 6.45) is 8.81. The quantitative estimate of drug-likeness (QED) is 0.655. The molecule has 1 aliphatic rings. The van der Waals surface area contributed by atoms with Gasteiger partial charge >= 0.3 is 0 Å². The van der Waals surface area contributed by atoms with E-state index >= 15 is 0 Å². The van der Waals surface area contributed by atoms with Gasteiger partial charge in [0.05, 0.1) is 0 Å². The molecule has 2 N–H and O–H groups in total. The zero-order valence-corrected chi connectivity index (χ0v) is 11.0. The zero-order valence-electron chi connectivity index (χ0n) is 11.0. The average molecular weight is 227 g/mol. The normalized spacial score (nSPS) is 30.6. The Balaban J connectivity index is 2.00. The average Bonchev–Trinajstić information content (AvgIpc) is 2.26.